The Bertz CT molecular complexity index is 861. The van der Waals surface area contributed by atoms with Gasteiger partial charge in [-0.25, -0.2) is 0 Å². The van der Waals surface area contributed by atoms with Crippen LogP contribution in [-0.4, -0.2) is 13.0 Å². The molecule has 0 fully saturated rings. The summed E-state index contributed by atoms with van der Waals surface area (Å²) in [4.78, 5) is 0. The molecule has 1 N–H and O–H groups in total. The maximum Gasteiger partial charge on any atom is 0.205 e. The maximum atomic E-state index is 9.49. The molecule has 23 heavy (non-hydrogen) atoms. The van der Waals surface area contributed by atoms with Crippen molar-refractivity contribution in [2.75, 3.05) is 7.11 Å². The van der Waals surface area contributed by atoms with E-state index in [0.29, 0.717) is 17.1 Å². The van der Waals surface area contributed by atoms with Gasteiger partial charge in [-0.05, 0) is 23.8 Å². The molecule has 2 aromatic carbocycles. The van der Waals surface area contributed by atoms with E-state index in [2.05, 4.69) is 12.1 Å². The molecule has 0 spiro atoms. The summed E-state index contributed by atoms with van der Waals surface area (Å²) in [5.74, 6) is -0.0504. The predicted molar refractivity (Wildman–Crippen MR) is 83.5 cm³/mol. The third-order valence-corrected chi connectivity index (χ3v) is 3.91. The predicted octanol–water partition coefficient (Wildman–Crippen LogP) is 3.21. The summed E-state index contributed by atoms with van der Waals surface area (Å²) in [6.07, 6.45) is 0. The van der Waals surface area contributed by atoms with Gasteiger partial charge in [-0.3, -0.25) is 5.41 Å². The second kappa shape index (κ2) is 5.82. The molecule has 2 unspecified atom stereocenters. The normalized spacial score (nSPS) is 19.0. The van der Waals surface area contributed by atoms with E-state index in [4.69, 9.17) is 20.1 Å². The minimum Gasteiger partial charge on any atom is -0.497 e. The number of ether oxygens (including phenoxy) is 2. The number of fused-ring (bicyclic) bond motifs is 1. The Morgan fingerprint density at radius 3 is 2.70 bits per heavy atom. The highest BCUT2D eigenvalue weighted by Gasteiger charge is 2.37. The monoisotopic (exact) mass is 303 g/mol. The lowest BCUT2D eigenvalue weighted by molar-refractivity contribution is 0.404. The highest BCUT2D eigenvalue weighted by molar-refractivity contribution is 5.85. The first-order valence-corrected chi connectivity index (χ1v) is 7.02. The number of nitriles is 2. The van der Waals surface area contributed by atoms with Gasteiger partial charge in [0.1, 0.15) is 17.4 Å². The van der Waals surface area contributed by atoms with E-state index >= 15 is 0 Å². The van der Waals surface area contributed by atoms with Crippen molar-refractivity contribution in [3.05, 3.63) is 59.2 Å². The van der Waals surface area contributed by atoms with Gasteiger partial charge in [0.05, 0.1) is 24.8 Å². The van der Waals surface area contributed by atoms with Crippen molar-refractivity contribution in [1.82, 2.24) is 0 Å². The van der Waals surface area contributed by atoms with E-state index < -0.39 is 5.92 Å². The molecule has 0 saturated carbocycles. The van der Waals surface area contributed by atoms with Gasteiger partial charge in [-0.2, -0.15) is 10.5 Å². The zero-order valence-corrected chi connectivity index (χ0v) is 12.4. The summed E-state index contributed by atoms with van der Waals surface area (Å²) in [6, 6.07) is 16.7. The number of methoxy groups -OCH3 is 1. The molecular weight excluding hydrogens is 290 g/mol. The molecule has 1 aliphatic rings. The average molecular weight is 303 g/mol. The maximum absolute atomic E-state index is 9.49. The number of nitrogens with one attached hydrogen (secondary N) is 1. The fraction of sp³-hybridized carbons (Fsp3) is 0.167. The average Bonchev–Trinajstić information content (AvgIpc) is 2.59. The zero-order valence-electron chi connectivity index (χ0n) is 12.4. The van der Waals surface area contributed by atoms with E-state index in [1.165, 1.54) is 0 Å². The first kappa shape index (κ1) is 14.6. The van der Waals surface area contributed by atoms with E-state index in [-0.39, 0.29) is 11.8 Å². The van der Waals surface area contributed by atoms with E-state index in [9.17, 15) is 5.26 Å². The molecule has 0 bridgehead atoms. The van der Waals surface area contributed by atoms with Gasteiger partial charge in [0.2, 0.25) is 5.90 Å². The van der Waals surface area contributed by atoms with Gasteiger partial charge in [0, 0.05) is 17.5 Å². The van der Waals surface area contributed by atoms with Gasteiger partial charge in [0.15, 0.2) is 0 Å². The van der Waals surface area contributed by atoms with Gasteiger partial charge in [-0.1, -0.05) is 18.2 Å². The lowest BCUT2D eigenvalue weighted by Crippen LogP contribution is -2.30. The second-order valence-corrected chi connectivity index (χ2v) is 5.19. The molecule has 1 heterocycles. The molecule has 0 aromatic heterocycles. The van der Waals surface area contributed by atoms with Crippen molar-refractivity contribution < 1.29 is 9.47 Å². The molecule has 2 atom stereocenters. The van der Waals surface area contributed by atoms with Crippen molar-refractivity contribution >= 4 is 5.90 Å². The summed E-state index contributed by atoms with van der Waals surface area (Å²) in [5.41, 5.74) is 2.14. The molecule has 0 amide bonds. The first-order chi connectivity index (χ1) is 11.2. The van der Waals surface area contributed by atoms with Crippen molar-refractivity contribution in [3.8, 4) is 23.6 Å². The van der Waals surface area contributed by atoms with Crippen LogP contribution in [0.1, 0.15) is 22.6 Å². The van der Waals surface area contributed by atoms with Gasteiger partial charge in [0.25, 0.3) is 0 Å². The van der Waals surface area contributed by atoms with Crippen molar-refractivity contribution in [3.63, 3.8) is 0 Å². The summed E-state index contributed by atoms with van der Waals surface area (Å²) in [5, 5.41) is 26.6. The highest BCUT2D eigenvalue weighted by Crippen LogP contribution is 2.43. The number of hydrogen-bond donors (Lipinski definition) is 1. The molecule has 5 nitrogen and oxygen atoms in total. The van der Waals surface area contributed by atoms with Crippen molar-refractivity contribution in [2.45, 2.75) is 5.92 Å². The number of rotatable bonds is 2. The topological polar surface area (TPSA) is 89.9 Å². The zero-order chi connectivity index (χ0) is 16.4. The van der Waals surface area contributed by atoms with Crippen molar-refractivity contribution in [2.24, 2.45) is 5.92 Å². The Kier molecular flexibility index (Phi) is 3.70. The molecule has 0 radical (unpaired) electrons. The van der Waals surface area contributed by atoms with Crippen LogP contribution in [0, 0.1) is 34.0 Å². The molecule has 112 valence electrons. The van der Waals surface area contributed by atoms with Gasteiger partial charge in [-0.15, -0.1) is 0 Å². The van der Waals surface area contributed by atoms with Gasteiger partial charge < -0.3 is 9.47 Å². The third kappa shape index (κ3) is 2.49. The second-order valence-electron chi connectivity index (χ2n) is 5.19. The van der Waals surface area contributed by atoms with Crippen LogP contribution in [-0.2, 0) is 0 Å². The van der Waals surface area contributed by atoms with Crippen LogP contribution >= 0.6 is 0 Å². The molecule has 0 saturated heterocycles. The largest absolute Gasteiger partial charge is 0.497 e. The quantitative estimate of drug-likeness (QED) is 0.922. The van der Waals surface area contributed by atoms with Crippen LogP contribution in [0.5, 0.6) is 11.5 Å². The summed E-state index contributed by atoms with van der Waals surface area (Å²) in [7, 11) is 1.56. The summed E-state index contributed by atoms with van der Waals surface area (Å²) >= 11 is 0. The third-order valence-electron chi connectivity index (χ3n) is 3.91. The van der Waals surface area contributed by atoms with Crippen LogP contribution in [0.25, 0.3) is 0 Å². The van der Waals surface area contributed by atoms with Crippen LogP contribution < -0.4 is 9.47 Å². The van der Waals surface area contributed by atoms with Crippen LogP contribution in [0.2, 0.25) is 0 Å². The summed E-state index contributed by atoms with van der Waals surface area (Å²) < 4.78 is 10.7. The van der Waals surface area contributed by atoms with Crippen LogP contribution in [0.4, 0.5) is 0 Å². The van der Waals surface area contributed by atoms with E-state index in [1.807, 2.05) is 12.1 Å². The standard InChI is InChI=1S/C18H13N3O2/c1-22-13-5-6-14-16(8-13)23-18(21)15(10-20)17(14)12-4-2-3-11(7-12)9-19/h2-8,15,17,21H,1H3. The number of benzene rings is 2. The van der Waals surface area contributed by atoms with Gasteiger partial charge >= 0.3 is 0 Å². The van der Waals surface area contributed by atoms with E-state index in [1.54, 1.807) is 37.4 Å². The highest BCUT2D eigenvalue weighted by atomic mass is 16.5. The minimum atomic E-state index is -0.732. The van der Waals surface area contributed by atoms with Crippen molar-refractivity contribution in [1.29, 1.82) is 15.9 Å². The minimum absolute atomic E-state index is 0.0967. The molecule has 1 aliphatic heterocycles. The Morgan fingerprint density at radius 1 is 1.17 bits per heavy atom. The molecule has 3 rings (SSSR count). The number of nitrogens with zero attached hydrogens (tertiary/aromatic N) is 2. The SMILES string of the molecule is COc1ccc2c(c1)OC(=N)C(C#N)C2c1cccc(C#N)c1. The molecular formula is C18H13N3O2. The molecule has 2 aromatic rings. The number of hydrogen-bond acceptors (Lipinski definition) is 5. The lowest BCUT2D eigenvalue weighted by Gasteiger charge is -2.30. The fourth-order valence-corrected chi connectivity index (χ4v) is 2.81. The lowest BCUT2D eigenvalue weighted by atomic mass is 9.79. The Labute approximate surface area is 133 Å². The Hall–Kier alpha value is -3.31. The van der Waals surface area contributed by atoms with E-state index in [0.717, 1.165) is 11.1 Å². The summed E-state index contributed by atoms with van der Waals surface area (Å²) in [6.45, 7) is 0. The Balaban J connectivity index is 2.18. The first-order valence-electron chi connectivity index (χ1n) is 7.02. The fourth-order valence-electron chi connectivity index (χ4n) is 2.81. The van der Waals surface area contributed by atoms with Crippen LogP contribution in [0.3, 0.4) is 0 Å². The molecule has 5 heteroatoms. The smallest absolute Gasteiger partial charge is 0.205 e. The van der Waals surface area contributed by atoms with Crippen LogP contribution in [0.15, 0.2) is 42.5 Å². The molecule has 0 aliphatic carbocycles. The Morgan fingerprint density at radius 2 is 2.00 bits per heavy atom.